The molecule has 0 aliphatic carbocycles. The molecule has 1 aliphatic heterocycles. The van der Waals surface area contributed by atoms with Crippen LogP contribution in [0.4, 0.5) is 5.69 Å². The Labute approximate surface area is 161 Å². The van der Waals surface area contributed by atoms with Crippen molar-refractivity contribution in [2.75, 3.05) is 12.0 Å². The van der Waals surface area contributed by atoms with Gasteiger partial charge in [-0.2, -0.15) is 0 Å². The van der Waals surface area contributed by atoms with Crippen molar-refractivity contribution < 1.29 is 23.8 Å². The third-order valence-corrected chi connectivity index (χ3v) is 4.66. The molecule has 0 fully saturated rings. The smallest absolute Gasteiger partial charge is 0.294 e. The predicted octanol–water partition coefficient (Wildman–Crippen LogP) is 4.07. The number of aliphatic hydroxyl groups excluding tert-OH is 1. The molecule has 28 heavy (non-hydrogen) atoms. The van der Waals surface area contributed by atoms with E-state index in [4.69, 9.17) is 9.15 Å². The van der Waals surface area contributed by atoms with Gasteiger partial charge in [-0.05, 0) is 29.8 Å². The van der Waals surface area contributed by atoms with Crippen LogP contribution in [-0.4, -0.2) is 23.9 Å². The second-order valence-electron chi connectivity index (χ2n) is 6.23. The number of methoxy groups -OCH3 is 1. The molecule has 1 atom stereocenters. The molecule has 140 valence electrons. The number of hydrogen-bond acceptors (Lipinski definition) is 5. The summed E-state index contributed by atoms with van der Waals surface area (Å²) in [4.78, 5) is 27.5. The van der Waals surface area contributed by atoms with Crippen molar-refractivity contribution in [3.05, 3.63) is 95.6 Å². The van der Waals surface area contributed by atoms with Gasteiger partial charge < -0.3 is 14.3 Å². The molecular formula is C22H17NO5. The van der Waals surface area contributed by atoms with Crippen molar-refractivity contribution in [3.63, 3.8) is 0 Å². The first kappa shape index (κ1) is 17.6. The van der Waals surface area contributed by atoms with Crippen molar-refractivity contribution in [1.82, 2.24) is 0 Å². The number of rotatable bonds is 5. The van der Waals surface area contributed by atoms with Crippen LogP contribution in [0.3, 0.4) is 0 Å². The Kier molecular flexibility index (Phi) is 4.45. The average Bonchev–Trinajstić information content (AvgIpc) is 3.36. The zero-order valence-corrected chi connectivity index (χ0v) is 15.0. The maximum atomic E-state index is 13.1. The van der Waals surface area contributed by atoms with Crippen LogP contribution in [0.5, 0.6) is 5.75 Å². The van der Waals surface area contributed by atoms with Crippen molar-refractivity contribution in [2.45, 2.75) is 6.04 Å². The lowest BCUT2D eigenvalue weighted by Crippen LogP contribution is -2.31. The maximum absolute atomic E-state index is 13.1. The van der Waals surface area contributed by atoms with Gasteiger partial charge in [0, 0.05) is 0 Å². The summed E-state index contributed by atoms with van der Waals surface area (Å²) in [6.07, 6.45) is 1.37. The normalized spacial score (nSPS) is 16.5. The number of carbonyl (C=O) groups is 2. The topological polar surface area (TPSA) is 80.0 Å². The first-order valence-electron chi connectivity index (χ1n) is 8.66. The molecule has 1 aromatic heterocycles. The summed E-state index contributed by atoms with van der Waals surface area (Å²) in [5, 5.41) is 10.6. The van der Waals surface area contributed by atoms with E-state index in [0.717, 1.165) is 0 Å². The maximum Gasteiger partial charge on any atom is 0.294 e. The van der Waals surface area contributed by atoms with Gasteiger partial charge in [0.25, 0.3) is 5.91 Å². The Morgan fingerprint density at radius 2 is 1.75 bits per heavy atom. The van der Waals surface area contributed by atoms with Crippen molar-refractivity contribution in [2.24, 2.45) is 0 Å². The minimum atomic E-state index is -0.817. The molecule has 1 amide bonds. The van der Waals surface area contributed by atoms with Gasteiger partial charge >= 0.3 is 0 Å². The number of furan rings is 1. The number of amides is 1. The minimum Gasteiger partial charge on any atom is -0.503 e. The number of ether oxygens (including phenoxy) is 1. The first-order valence-corrected chi connectivity index (χ1v) is 8.66. The van der Waals surface area contributed by atoms with Crippen LogP contribution in [-0.2, 0) is 4.79 Å². The minimum absolute atomic E-state index is 0.0305. The van der Waals surface area contributed by atoms with E-state index < -0.39 is 23.5 Å². The van der Waals surface area contributed by atoms with Crippen LogP contribution in [0.15, 0.2) is 88.7 Å². The van der Waals surface area contributed by atoms with Gasteiger partial charge in [-0.25, -0.2) is 0 Å². The van der Waals surface area contributed by atoms with Crippen LogP contribution in [0.1, 0.15) is 22.2 Å². The van der Waals surface area contributed by atoms with Crippen molar-refractivity contribution in [1.29, 1.82) is 0 Å². The van der Waals surface area contributed by atoms with E-state index in [2.05, 4.69) is 0 Å². The molecule has 4 rings (SSSR count). The third-order valence-electron chi connectivity index (χ3n) is 4.66. The summed E-state index contributed by atoms with van der Waals surface area (Å²) in [6.45, 7) is 0. The highest BCUT2D eigenvalue weighted by molar-refractivity contribution is 6.20. The van der Waals surface area contributed by atoms with E-state index >= 15 is 0 Å². The lowest BCUT2D eigenvalue weighted by molar-refractivity contribution is -0.117. The lowest BCUT2D eigenvalue weighted by Gasteiger charge is -2.28. The van der Waals surface area contributed by atoms with Gasteiger partial charge in [-0.15, -0.1) is 0 Å². The molecular weight excluding hydrogens is 358 g/mol. The molecule has 0 bridgehead atoms. The van der Waals surface area contributed by atoms with Crippen LogP contribution in [0.2, 0.25) is 0 Å². The van der Waals surface area contributed by atoms with E-state index in [1.54, 1.807) is 42.5 Å². The third kappa shape index (κ3) is 2.75. The summed E-state index contributed by atoms with van der Waals surface area (Å²) in [7, 11) is 1.50. The number of carbonyl (C=O) groups excluding carboxylic acids is 2. The fourth-order valence-corrected chi connectivity index (χ4v) is 3.41. The molecule has 0 spiro atoms. The van der Waals surface area contributed by atoms with Crippen LogP contribution < -0.4 is 9.64 Å². The molecule has 1 N–H and O–H groups in total. The van der Waals surface area contributed by atoms with Gasteiger partial charge in [-0.3, -0.25) is 14.5 Å². The fourth-order valence-electron chi connectivity index (χ4n) is 3.41. The Hall–Kier alpha value is -3.80. The number of anilines is 1. The number of hydrogen-bond donors (Lipinski definition) is 1. The van der Waals surface area contributed by atoms with Crippen molar-refractivity contribution in [3.8, 4) is 5.75 Å². The van der Waals surface area contributed by atoms with E-state index in [1.807, 2.05) is 18.2 Å². The monoisotopic (exact) mass is 375 g/mol. The quantitative estimate of drug-likeness (QED) is 0.680. The van der Waals surface area contributed by atoms with E-state index in [-0.39, 0.29) is 11.3 Å². The fraction of sp³-hybridized carbons (Fsp3) is 0.0909. The van der Waals surface area contributed by atoms with Crippen LogP contribution >= 0.6 is 0 Å². The van der Waals surface area contributed by atoms with Gasteiger partial charge in [0.1, 0.15) is 5.75 Å². The molecule has 0 radical (unpaired) electrons. The molecule has 1 aliphatic rings. The molecule has 6 heteroatoms. The SMILES string of the molecule is COc1ccccc1N1C(=O)C(O)=C(C(=O)c2ccco2)C1c1ccccc1. The van der Waals surface area contributed by atoms with Gasteiger partial charge in [0.15, 0.2) is 11.5 Å². The molecule has 0 saturated carbocycles. The standard InChI is InChI=1S/C22H17NO5/c1-27-16-11-6-5-10-15(16)23-19(14-8-3-2-4-9-14)18(21(25)22(23)26)20(24)17-12-7-13-28-17/h2-13,19,25H,1H3. The predicted molar refractivity (Wildman–Crippen MR) is 102 cm³/mol. The summed E-state index contributed by atoms with van der Waals surface area (Å²) >= 11 is 0. The van der Waals surface area contributed by atoms with Crippen LogP contribution in [0.25, 0.3) is 0 Å². The molecule has 3 aromatic rings. The summed E-state index contributed by atoms with van der Waals surface area (Å²) < 4.78 is 10.6. The van der Waals surface area contributed by atoms with E-state index in [1.165, 1.54) is 24.3 Å². The number of benzene rings is 2. The van der Waals surface area contributed by atoms with Crippen LogP contribution in [0, 0.1) is 0 Å². The Balaban J connectivity index is 1.91. The first-order chi connectivity index (χ1) is 13.6. The number of aliphatic hydroxyl groups is 1. The molecule has 1 unspecified atom stereocenters. The lowest BCUT2D eigenvalue weighted by atomic mass is 9.95. The number of para-hydroxylation sites is 2. The molecule has 2 heterocycles. The Bertz CT molecular complexity index is 1050. The molecule has 2 aromatic carbocycles. The van der Waals surface area contributed by atoms with Gasteiger partial charge in [0.2, 0.25) is 5.78 Å². The van der Waals surface area contributed by atoms with Crippen molar-refractivity contribution >= 4 is 17.4 Å². The Morgan fingerprint density at radius 1 is 1.04 bits per heavy atom. The zero-order chi connectivity index (χ0) is 19.7. The second kappa shape index (κ2) is 7.08. The second-order valence-corrected chi connectivity index (χ2v) is 6.23. The number of nitrogens with zero attached hydrogens (tertiary/aromatic N) is 1. The molecule has 6 nitrogen and oxygen atoms in total. The summed E-state index contributed by atoms with van der Waals surface area (Å²) in [6, 6.07) is 18.3. The highest BCUT2D eigenvalue weighted by Gasteiger charge is 2.45. The summed E-state index contributed by atoms with van der Waals surface area (Å²) in [5.41, 5.74) is 1.11. The zero-order valence-electron chi connectivity index (χ0n) is 15.0. The average molecular weight is 375 g/mol. The summed E-state index contributed by atoms with van der Waals surface area (Å²) in [5.74, 6) is -1.30. The highest BCUT2D eigenvalue weighted by atomic mass is 16.5. The Morgan fingerprint density at radius 3 is 2.43 bits per heavy atom. The number of ketones is 1. The van der Waals surface area contributed by atoms with E-state index in [0.29, 0.717) is 17.0 Å². The largest absolute Gasteiger partial charge is 0.503 e. The van der Waals surface area contributed by atoms with E-state index in [9.17, 15) is 14.7 Å². The van der Waals surface area contributed by atoms with Gasteiger partial charge in [-0.1, -0.05) is 42.5 Å². The van der Waals surface area contributed by atoms with Gasteiger partial charge in [0.05, 0.1) is 30.7 Å². The highest BCUT2D eigenvalue weighted by Crippen LogP contribution is 2.44. The molecule has 0 saturated heterocycles. The number of Topliss-reactive ketones (excluding diaryl/α,β-unsaturated/α-hetero) is 1.